The Balaban J connectivity index is 1.36. The molecule has 14 heteroatoms. The number of hydrogen-bond acceptors (Lipinski definition) is 6. The third kappa shape index (κ3) is 13.0. The highest BCUT2D eigenvalue weighted by molar-refractivity contribution is 5.73. The van der Waals surface area contributed by atoms with Crippen molar-refractivity contribution in [3.05, 3.63) is 118 Å². The minimum atomic E-state index is -4.76. The van der Waals surface area contributed by atoms with Crippen LogP contribution in [0.15, 0.2) is 84.9 Å². The van der Waals surface area contributed by atoms with E-state index in [-0.39, 0.29) is 87.2 Å². The number of aliphatic carboxylic acids is 2. The number of rotatable bonds is 21. The van der Waals surface area contributed by atoms with Gasteiger partial charge in [-0.2, -0.15) is 26.3 Å². The molecule has 0 fully saturated rings. The van der Waals surface area contributed by atoms with E-state index >= 15 is 0 Å². The molecule has 302 valence electrons. The summed E-state index contributed by atoms with van der Waals surface area (Å²) in [6, 6.07) is 20.3. The van der Waals surface area contributed by atoms with E-state index in [9.17, 15) is 46.1 Å². The van der Waals surface area contributed by atoms with Gasteiger partial charge in [0.25, 0.3) is 0 Å². The number of carboxylic acid groups (broad SMARTS) is 2. The lowest BCUT2D eigenvalue weighted by atomic mass is 9.93. The summed E-state index contributed by atoms with van der Waals surface area (Å²) in [5.74, 6) is -1.24. The second-order valence-corrected chi connectivity index (χ2v) is 12.9. The van der Waals surface area contributed by atoms with Crippen LogP contribution >= 0.6 is 0 Å². The monoisotopic (exact) mass is 790 g/mol. The number of carboxylic acids is 2. The molecule has 0 aliphatic carbocycles. The molecule has 0 saturated carbocycles. The fourth-order valence-corrected chi connectivity index (χ4v) is 6.09. The van der Waals surface area contributed by atoms with Crippen LogP contribution in [0.3, 0.4) is 0 Å². The van der Waals surface area contributed by atoms with Crippen molar-refractivity contribution < 1.29 is 65.1 Å². The first-order valence-electron chi connectivity index (χ1n) is 18.1. The molecular formula is C42H44F6O8. The molecule has 0 aliphatic heterocycles. The SMILES string of the molecule is CCOC(Cc1ccc(OCCCc2ccc(-c3ccc(CCCOc4ccc(C[C@H](OCC)C(=O)O)cc4)c(C(F)(F)F)c3)cc2C(F)(F)F)cc1)C(=O)O. The van der Waals surface area contributed by atoms with Gasteiger partial charge in [0, 0.05) is 26.1 Å². The first-order valence-corrected chi connectivity index (χ1v) is 18.1. The molecule has 0 heterocycles. The maximum absolute atomic E-state index is 14.2. The normalized spacial score (nSPS) is 12.9. The van der Waals surface area contributed by atoms with Crippen molar-refractivity contribution in [2.75, 3.05) is 26.4 Å². The van der Waals surface area contributed by atoms with Crippen LogP contribution in [0.2, 0.25) is 0 Å². The van der Waals surface area contributed by atoms with Crippen LogP contribution in [-0.4, -0.2) is 60.8 Å². The van der Waals surface area contributed by atoms with Crippen molar-refractivity contribution in [1.29, 1.82) is 0 Å². The molecular weight excluding hydrogens is 746 g/mol. The summed E-state index contributed by atoms with van der Waals surface area (Å²) in [5.41, 5.74) is -0.520. The lowest BCUT2D eigenvalue weighted by Crippen LogP contribution is -2.26. The van der Waals surface area contributed by atoms with Crippen LogP contribution in [0.25, 0.3) is 11.1 Å². The first kappa shape index (κ1) is 43.6. The molecule has 2 N–H and O–H groups in total. The highest BCUT2D eigenvalue weighted by Crippen LogP contribution is 2.39. The molecule has 1 unspecified atom stereocenters. The van der Waals surface area contributed by atoms with Crippen LogP contribution in [0.4, 0.5) is 26.3 Å². The first-order chi connectivity index (χ1) is 26.6. The van der Waals surface area contributed by atoms with Gasteiger partial charge in [-0.1, -0.05) is 48.5 Å². The van der Waals surface area contributed by atoms with Gasteiger partial charge in [-0.05, 0) is 109 Å². The standard InChI is InChI=1S/C42H44F6O8/c1-3-53-37(39(49)50)23-27-9-17-33(18-10-27)55-21-5-7-29-13-15-31(25-35(29)41(43,44)45)32-16-14-30(36(26-32)42(46,47)48)8-6-22-56-34-19-11-28(12-20-34)24-38(40(51)52)54-4-2/h9-20,25-26,37-38H,3-8,21-24H2,1-2H3,(H,49,50)(H,51,52)/t37-,38?/m0/s1. The second-order valence-electron chi connectivity index (χ2n) is 12.9. The number of hydrogen-bond donors (Lipinski definition) is 2. The quantitative estimate of drug-likeness (QED) is 0.0635. The lowest BCUT2D eigenvalue weighted by molar-refractivity contribution is -0.150. The second kappa shape index (κ2) is 20.2. The predicted octanol–water partition coefficient (Wildman–Crippen LogP) is 9.48. The molecule has 0 radical (unpaired) electrons. The zero-order valence-electron chi connectivity index (χ0n) is 30.9. The number of alkyl halides is 6. The Hall–Kier alpha value is -5.08. The maximum Gasteiger partial charge on any atom is 0.416 e. The van der Waals surface area contributed by atoms with E-state index in [1.54, 1.807) is 62.4 Å². The Morgan fingerprint density at radius 3 is 1.23 bits per heavy atom. The molecule has 8 nitrogen and oxygen atoms in total. The van der Waals surface area contributed by atoms with Gasteiger partial charge in [0.05, 0.1) is 24.3 Å². The topological polar surface area (TPSA) is 112 Å². The van der Waals surface area contributed by atoms with Gasteiger partial charge in [0.15, 0.2) is 12.2 Å². The number of carbonyl (C=O) groups is 2. The van der Waals surface area contributed by atoms with Gasteiger partial charge in [-0.15, -0.1) is 0 Å². The molecule has 0 aromatic heterocycles. The smallest absolute Gasteiger partial charge is 0.416 e. The van der Waals surface area contributed by atoms with Gasteiger partial charge >= 0.3 is 24.3 Å². The molecule has 0 aliphatic rings. The Labute approximate surface area is 321 Å². The minimum absolute atomic E-state index is 0.0000834. The average Bonchev–Trinajstić information content (AvgIpc) is 3.15. The van der Waals surface area contributed by atoms with Gasteiger partial charge < -0.3 is 29.2 Å². The summed E-state index contributed by atoms with van der Waals surface area (Å²) in [4.78, 5) is 22.7. The van der Waals surface area contributed by atoms with Crippen molar-refractivity contribution in [2.24, 2.45) is 0 Å². The highest BCUT2D eigenvalue weighted by Gasteiger charge is 2.35. The molecule has 4 aromatic rings. The molecule has 4 aromatic carbocycles. The molecule has 2 atom stereocenters. The Morgan fingerprint density at radius 2 is 0.929 bits per heavy atom. The van der Waals surface area contributed by atoms with Crippen molar-refractivity contribution in [3.8, 4) is 22.6 Å². The van der Waals surface area contributed by atoms with Gasteiger partial charge in [-0.25, -0.2) is 9.59 Å². The third-order valence-electron chi connectivity index (χ3n) is 8.86. The van der Waals surface area contributed by atoms with Gasteiger partial charge in [0.2, 0.25) is 0 Å². The maximum atomic E-state index is 14.2. The van der Waals surface area contributed by atoms with Crippen LogP contribution in [0.5, 0.6) is 11.5 Å². The van der Waals surface area contributed by atoms with E-state index in [1.165, 1.54) is 24.3 Å². The molecule has 4 rings (SSSR count). The lowest BCUT2D eigenvalue weighted by Gasteiger charge is -2.17. The van der Waals surface area contributed by atoms with Gasteiger partial charge in [0.1, 0.15) is 11.5 Å². The number of aryl methyl sites for hydroxylation is 2. The predicted molar refractivity (Wildman–Crippen MR) is 196 cm³/mol. The summed E-state index contributed by atoms with van der Waals surface area (Å²) in [6.07, 6.45) is -10.7. The summed E-state index contributed by atoms with van der Waals surface area (Å²) in [6.45, 7) is 4.07. The van der Waals surface area contributed by atoms with Crippen LogP contribution < -0.4 is 9.47 Å². The van der Waals surface area contributed by atoms with E-state index in [2.05, 4.69) is 0 Å². The minimum Gasteiger partial charge on any atom is -0.494 e. The van der Waals surface area contributed by atoms with Gasteiger partial charge in [-0.3, -0.25) is 0 Å². The molecule has 0 bridgehead atoms. The van der Waals surface area contributed by atoms with E-state index in [0.717, 1.165) is 12.1 Å². The fraction of sp³-hybridized carbons (Fsp3) is 0.381. The summed E-state index contributed by atoms with van der Waals surface area (Å²) in [5, 5.41) is 18.5. The van der Waals surface area contributed by atoms with Crippen molar-refractivity contribution in [2.45, 2.75) is 76.9 Å². The summed E-state index contributed by atoms with van der Waals surface area (Å²) < 4.78 is 107. The molecule has 0 saturated heterocycles. The van der Waals surface area contributed by atoms with E-state index in [1.807, 2.05) is 0 Å². The average molecular weight is 791 g/mol. The third-order valence-corrected chi connectivity index (χ3v) is 8.86. The van der Waals surface area contributed by atoms with Crippen LogP contribution in [0, 0.1) is 0 Å². The van der Waals surface area contributed by atoms with Crippen molar-refractivity contribution >= 4 is 11.9 Å². The van der Waals surface area contributed by atoms with Crippen molar-refractivity contribution in [1.82, 2.24) is 0 Å². The molecule has 0 amide bonds. The Morgan fingerprint density at radius 1 is 0.571 bits per heavy atom. The number of halogens is 6. The zero-order chi connectivity index (χ0) is 40.9. The van der Waals surface area contributed by atoms with E-state index < -0.39 is 47.6 Å². The largest absolute Gasteiger partial charge is 0.494 e. The Kier molecular flexibility index (Phi) is 15.7. The fourth-order valence-electron chi connectivity index (χ4n) is 6.09. The number of ether oxygens (including phenoxy) is 4. The van der Waals surface area contributed by atoms with Crippen LogP contribution in [0.1, 0.15) is 60.1 Å². The summed E-state index contributed by atoms with van der Waals surface area (Å²) in [7, 11) is 0. The van der Waals surface area contributed by atoms with E-state index in [0.29, 0.717) is 22.6 Å². The van der Waals surface area contributed by atoms with Crippen molar-refractivity contribution in [3.63, 3.8) is 0 Å². The molecule has 56 heavy (non-hydrogen) atoms. The summed E-state index contributed by atoms with van der Waals surface area (Å²) >= 11 is 0. The number of benzene rings is 4. The Bertz CT molecular complexity index is 1740. The van der Waals surface area contributed by atoms with Crippen LogP contribution in [-0.2, 0) is 57.1 Å². The molecule has 0 spiro atoms. The zero-order valence-corrected chi connectivity index (χ0v) is 30.9. The highest BCUT2D eigenvalue weighted by atomic mass is 19.4. The van der Waals surface area contributed by atoms with E-state index in [4.69, 9.17) is 18.9 Å².